The van der Waals surface area contributed by atoms with E-state index in [1.54, 1.807) is 0 Å². The van der Waals surface area contributed by atoms with Crippen LogP contribution < -0.4 is 0 Å². The van der Waals surface area contributed by atoms with Crippen molar-refractivity contribution < 1.29 is 28.6 Å². The molecule has 0 spiro atoms. The third-order valence-electron chi connectivity index (χ3n) is 12.9. The molecule has 1 unspecified atom stereocenters. The molecule has 1 atom stereocenters. The van der Waals surface area contributed by atoms with Crippen molar-refractivity contribution in [3.8, 4) is 0 Å². The van der Waals surface area contributed by atoms with E-state index in [9.17, 15) is 14.4 Å². The van der Waals surface area contributed by atoms with Crippen LogP contribution in [0, 0.1) is 0 Å². The van der Waals surface area contributed by atoms with E-state index in [-0.39, 0.29) is 37.5 Å². The number of ether oxygens (including phenoxy) is 3. The van der Waals surface area contributed by atoms with Crippen LogP contribution in [0.15, 0.2) is 182 Å². The summed E-state index contributed by atoms with van der Waals surface area (Å²) < 4.78 is 16.8. The molecule has 0 aromatic heterocycles. The van der Waals surface area contributed by atoms with Gasteiger partial charge >= 0.3 is 17.9 Å². The van der Waals surface area contributed by atoms with Gasteiger partial charge in [-0.3, -0.25) is 14.4 Å². The van der Waals surface area contributed by atoms with Gasteiger partial charge in [-0.1, -0.05) is 274 Å². The molecule has 0 saturated heterocycles. The van der Waals surface area contributed by atoms with Crippen molar-refractivity contribution in [2.75, 3.05) is 13.2 Å². The molecule has 0 aromatic carbocycles. The Labute approximate surface area is 497 Å². The molecular weight excluding hydrogens is 997 g/mol. The predicted octanol–water partition coefficient (Wildman–Crippen LogP) is 22.4. The van der Waals surface area contributed by atoms with Crippen LogP contribution in [-0.2, 0) is 28.6 Å². The predicted molar refractivity (Wildman–Crippen MR) is 352 cm³/mol. The second-order valence-electron chi connectivity index (χ2n) is 20.6. The molecule has 6 nitrogen and oxygen atoms in total. The first-order valence-electron chi connectivity index (χ1n) is 32.3. The monoisotopic (exact) mass is 1110 g/mol. The van der Waals surface area contributed by atoms with Crippen molar-refractivity contribution in [2.45, 2.75) is 258 Å². The standard InChI is InChI=1S/C75H116O6/c1-4-7-10-13-16-18-20-22-24-26-28-30-32-33-34-35-36-37-38-39-40-41-43-44-46-48-50-52-54-56-59-62-65-68-74(77)80-71-72(70-79-73(76)67-64-61-58-15-12-9-6-3)81-75(78)69-66-63-60-57-55-53-51-49-47-45-42-31-29-27-25-23-21-19-17-14-11-8-5-2/h7-8,10-11,16-19,22-25,28-31,33-34,36-37,39-40,43-45,47-48,50-51,53,72H,4-6,9,12-15,20-21,26-27,32,35,38,41-42,46,49,52,54-71H2,1-3H3/b10-7-,11-8-,18-16-,19-17-,24-22-,25-23-,30-28-,31-29-,34-33-,37-36-,40-39-,44-43-,47-45-,50-48-,53-51-. The molecule has 0 aliphatic heterocycles. The number of hydrogen-bond acceptors (Lipinski definition) is 6. The highest BCUT2D eigenvalue weighted by Crippen LogP contribution is 2.13. The topological polar surface area (TPSA) is 78.9 Å². The zero-order valence-corrected chi connectivity index (χ0v) is 51.7. The summed E-state index contributed by atoms with van der Waals surface area (Å²) >= 11 is 0. The van der Waals surface area contributed by atoms with Crippen molar-refractivity contribution in [2.24, 2.45) is 0 Å². The van der Waals surface area contributed by atoms with Crippen molar-refractivity contribution >= 4 is 17.9 Å². The minimum Gasteiger partial charge on any atom is -0.462 e. The van der Waals surface area contributed by atoms with Gasteiger partial charge in [0.05, 0.1) is 0 Å². The van der Waals surface area contributed by atoms with Crippen LogP contribution in [0.5, 0.6) is 0 Å². The highest BCUT2D eigenvalue weighted by molar-refractivity contribution is 5.71. The maximum absolute atomic E-state index is 12.9. The summed E-state index contributed by atoms with van der Waals surface area (Å²) in [7, 11) is 0. The molecule has 0 bridgehead atoms. The smallest absolute Gasteiger partial charge is 0.306 e. The number of carbonyl (C=O) groups is 3. The number of unbranched alkanes of at least 4 members (excludes halogenated alkanes) is 15. The fraction of sp³-hybridized carbons (Fsp3) is 0.560. The molecule has 0 saturated carbocycles. The lowest BCUT2D eigenvalue weighted by Gasteiger charge is -2.18. The second kappa shape index (κ2) is 67.0. The van der Waals surface area contributed by atoms with Gasteiger partial charge in [-0.05, 0) is 141 Å². The van der Waals surface area contributed by atoms with Gasteiger partial charge in [-0.2, -0.15) is 0 Å². The molecule has 0 heterocycles. The lowest BCUT2D eigenvalue weighted by molar-refractivity contribution is -0.167. The van der Waals surface area contributed by atoms with E-state index >= 15 is 0 Å². The molecule has 81 heavy (non-hydrogen) atoms. The minimum absolute atomic E-state index is 0.102. The third kappa shape index (κ3) is 65.2. The average molecular weight is 1110 g/mol. The van der Waals surface area contributed by atoms with Gasteiger partial charge in [0.25, 0.3) is 0 Å². The highest BCUT2D eigenvalue weighted by Gasteiger charge is 2.19. The Morgan fingerprint density at radius 2 is 0.481 bits per heavy atom. The molecule has 0 aromatic rings. The molecule has 452 valence electrons. The molecule has 0 radical (unpaired) electrons. The first-order chi connectivity index (χ1) is 40.0. The van der Waals surface area contributed by atoms with E-state index in [4.69, 9.17) is 14.2 Å². The Morgan fingerprint density at radius 1 is 0.259 bits per heavy atom. The number of allylic oxidation sites excluding steroid dienone is 30. The number of rotatable bonds is 56. The molecule has 0 aliphatic rings. The summed E-state index contributed by atoms with van der Waals surface area (Å²) in [5, 5.41) is 0. The van der Waals surface area contributed by atoms with E-state index in [0.717, 1.165) is 186 Å². The number of hydrogen-bond donors (Lipinski definition) is 0. The molecule has 0 rings (SSSR count). The molecule has 0 aliphatic carbocycles. The van der Waals surface area contributed by atoms with Crippen molar-refractivity contribution in [1.29, 1.82) is 0 Å². The lowest BCUT2D eigenvalue weighted by atomic mass is 10.1. The van der Waals surface area contributed by atoms with E-state index in [1.165, 1.54) is 25.7 Å². The Morgan fingerprint density at radius 3 is 0.753 bits per heavy atom. The van der Waals surface area contributed by atoms with Crippen LogP contribution in [0.4, 0.5) is 0 Å². The summed E-state index contributed by atoms with van der Waals surface area (Å²) in [6, 6.07) is 0. The van der Waals surface area contributed by atoms with Gasteiger partial charge in [-0.15, -0.1) is 0 Å². The zero-order valence-electron chi connectivity index (χ0n) is 51.7. The summed E-state index contributed by atoms with van der Waals surface area (Å²) in [6.45, 7) is 6.31. The molecule has 6 heteroatoms. The van der Waals surface area contributed by atoms with Crippen LogP contribution in [0.3, 0.4) is 0 Å². The van der Waals surface area contributed by atoms with E-state index in [1.807, 2.05) is 0 Å². The third-order valence-corrected chi connectivity index (χ3v) is 12.9. The van der Waals surface area contributed by atoms with Crippen LogP contribution in [0.1, 0.15) is 252 Å². The summed E-state index contributed by atoms with van der Waals surface area (Å²) in [4.78, 5) is 38.1. The summed E-state index contributed by atoms with van der Waals surface area (Å²) in [5.74, 6) is -0.963. The first kappa shape index (κ1) is 75.5. The Bertz CT molecular complexity index is 1900. The van der Waals surface area contributed by atoms with Gasteiger partial charge in [0, 0.05) is 19.3 Å². The zero-order chi connectivity index (χ0) is 58.5. The van der Waals surface area contributed by atoms with E-state index < -0.39 is 6.10 Å². The first-order valence-corrected chi connectivity index (χ1v) is 32.3. The Balaban J connectivity index is 4.28. The highest BCUT2D eigenvalue weighted by atomic mass is 16.6. The fourth-order valence-electron chi connectivity index (χ4n) is 8.14. The summed E-state index contributed by atoms with van der Waals surface area (Å²) in [6.07, 6.45) is 101. The molecule has 0 fully saturated rings. The Kier molecular flexibility index (Phi) is 62.5. The number of esters is 3. The summed E-state index contributed by atoms with van der Waals surface area (Å²) in [5.41, 5.74) is 0. The molecular formula is C75H116O6. The van der Waals surface area contributed by atoms with Crippen molar-refractivity contribution in [3.05, 3.63) is 182 Å². The quantitative estimate of drug-likeness (QED) is 0.0261. The molecule has 0 N–H and O–H groups in total. The fourth-order valence-corrected chi connectivity index (χ4v) is 8.14. The minimum atomic E-state index is -0.808. The number of carbonyl (C=O) groups excluding carboxylic acids is 3. The van der Waals surface area contributed by atoms with Crippen LogP contribution in [0.25, 0.3) is 0 Å². The lowest BCUT2D eigenvalue weighted by Crippen LogP contribution is -2.30. The van der Waals surface area contributed by atoms with Crippen molar-refractivity contribution in [3.63, 3.8) is 0 Å². The second-order valence-corrected chi connectivity index (χ2v) is 20.6. The SMILES string of the molecule is CC/C=C\C/C=C\C/C=C\C/C=C\C/C=C\C/C=C\C/C=C\C/C=C\C/C=C\CCCCCCCC(=O)OCC(COC(=O)CCCCCCCCC)OC(=O)CCCCCC/C=C\C/C=C\C/C=C\C/C=C\C/C=C\C/C=C\CC. The molecule has 0 amide bonds. The average Bonchev–Trinajstić information content (AvgIpc) is 3.47. The van der Waals surface area contributed by atoms with Gasteiger partial charge in [0.15, 0.2) is 6.10 Å². The largest absolute Gasteiger partial charge is 0.462 e. The van der Waals surface area contributed by atoms with Gasteiger partial charge < -0.3 is 14.2 Å². The van der Waals surface area contributed by atoms with E-state index in [0.29, 0.717) is 12.8 Å². The van der Waals surface area contributed by atoms with Gasteiger partial charge in [-0.25, -0.2) is 0 Å². The maximum atomic E-state index is 12.9. The van der Waals surface area contributed by atoms with Gasteiger partial charge in [0.2, 0.25) is 0 Å². The van der Waals surface area contributed by atoms with Gasteiger partial charge in [0.1, 0.15) is 13.2 Å². The van der Waals surface area contributed by atoms with Crippen LogP contribution in [-0.4, -0.2) is 37.2 Å². The maximum Gasteiger partial charge on any atom is 0.306 e. The van der Waals surface area contributed by atoms with E-state index in [2.05, 4.69) is 203 Å². The van der Waals surface area contributed by atoms with Crippen molar-refractivity contribution in [1.82, 2.24) is 0 Å². The van der Waals surface area contributed by atoms with Crippen LogP contribution >= 0.6 is 0 Å². The Hall–Kier alpha value is -5.49. The normalized spacial score (nSPS) is 13.4. The van der Waals surface area contributed by atoms with Crippen LogP contribution in [0.2, 0.25) is 0 Å².